The summed E-state index contributed by atoms with van der Waals surface area (Å²) in [5, 5.41) is 0. The van der Waals surface area contributed by atoms with Crippen molar-refractivity contribution in [3.05, 3.63) is 0 Å². The first-order valence-corrected chi connectivity index (χ1v) is 11.8. The van der Waals surface area contributed by atoms with Gasteiger partial charge in [0.15, 0.2) is 0 Å². The van der Waals surface area contributed by atoms with Crippen LogP contribution in [0.25, 0.3) is 0 Å². The van der Waals surface area contributed by atoms with E-state index in [9.17, 15) is 0 Å². The van der Waals surface area contributed by atoms with Crippen molar-refractivity contribution in [2.45, 2.75) is 143 Å². The van der Waals surface area contributed by atoms with Gasteiger partial charge in [-0.3, -0.25) is 0 Å². The molecule has 0 aliphatic heterocycles. The van der Waals surface area contributed by atoms with Gasteiger partial charge >= 0.3 is 0 Å². The van der Waals surface area contributed by atoms with Gasteiger partial charge in [0.2, 0.25) is 0 Å². The molecule has 0 rings (SSSR count). The molecule has 25 heavy (non-hydrogen) atoms. The zero-order valence-corrected chi connectivity index (χ0v) is 18.0. The molecule has 0 fully saturated rings. The normalized spacial score (nSPS) is 12.0. The highest BCUT2D eigenvalue weighted by atomic mass is 14.1. The molecule has 0 saturated carbocycles. The Morgan fingerprint density at radius 1 is 0.480 bits per heavy atom. The zero-order chi connectivity index (χ0) is 18.4. The summed E-state index contributed by atoms with van der Waals surface area (Å²) in [4.78, 5) is 0. The lowest BCUT2D eigenvalue weighted by molar-refractivity contribution is 0.371. The Labute approximate surface area is 160 Å². The lowest BCUT2D eigenvalue weighted by atomic mass is 9.90. The molecule has 0 heterocycles. The summed E-state index contributed by atoms with van der Waals surface area (Å²) in [7, 11) is 0. The third-order valence-corrected chi connectivity index (χ3v) is 5.40. The van der Waals surface area contributed by atoms with Gasteiger partial charge in [-0.15, -0.1) is 11.8 Å². The summed E-state index contributed by atoms with van der Waals surface area (Å²) in [6.45, 7) is 6.78. The van der Waals surface area contributed by atoms with Gasteiger partial charge in [0.05, 0.1) is 0 Å². The molecule has 0 radical (unpaired) electrons. The zero-order valence-electron chi connectivity index (χ0n) is 18.0. The van der Waals surface area contributed by atoms with Crippen LogP contribution in [-0.2, 0) is 0 Å². The third-order valence-electron chi connectivity index (χ3n) is 5.40. The number of rotatable bonds is 18. The molecule has 0 aliphatic carbocycles. The summed E-state index contributed by atoms with van der Waals surface area (Å²) in [5.41, 5.74) is 0. The second-order valence-corrected chi connectivity index (χ2v) is 7.93. The van der Waals surface area contributed by atoms with E-state index >= 15 is 0 Å². The van der Waals surface area contributed by atoms with E-state index in [0.29, 0.717) is 0 Å². The smallest absolute Gasteiger partial charge is 0.00886 e. The second kappa shape index (κ2) is 21.6. The molecular formula is C25H48. The molecule has 0 nitrogen and oxygen atoms in total. The van der Waals surface area contributed by atoms with Gasteiger partial charge in [-0.1, -0.05) is 124 Å². The average molecular weight is 349 g/mol. The quantitative estimate of drug-likeness (QED) is 0.171. The molecule has 148 valence electrons. The maximum absolute atomic E-state index is 3.26. The first-order chi connectivity index (χ1) is 12.3. The molecule has 0 amide bonds. The van der Waals surface area contributed by atoms with E-state index in [2.05, 4.69) is 32.6 Å². The fourth-order valence-electron chi connectivity index (χ4n) is 3.71. The molecule has 0 saturated heterocycles. The molecule has 0 aliphatic rings. The SMILES string of the molecule is CCC#CCCCCCCCC(CCCC)CCCCCCCCC. The molecule has 0 spiro atoms. The van der Waals surface area contributed by atoms with Gasteiger partial charge < -0.3 is 0 Å². The van der Waals surface area contributed by atoms with Crippen molar-refractivity contribution in [1.29, 1.82) is 0 Å². The van der Waals surface area contributed by atoms with Crippen molar-refractivity contribution in [2.75, 3.05) is 0 Å². The van der Waals surface area contributed by atoms with Crippen LogP contribution < -0.4 is 0 Å². The van der Waals surface area contributed by atoms with Crippen LogP contribution in [0.15, 0.2) is 0 Å². The fourth-order valence-corrected chi connectivity index (χ4v) is 3.71. The fraction of sp³-hybridized carbons (Fsp3) is 0.920. The van der Waals surface area contributed by atoms with Crippen LogP contribution in [-0.4, -0.2) is 0 Å². The molecular weight excluding hydrogens is 300 g/mol. The molecule has 0 N–H and O–H groups in total. The summed E-state index contributed by atoms with van der Waals surface area (Å²) >= 11 is 0. The number of hydrogen-bond acceptors (Lipinski definition) is 0. The minimum Gasteiger partial charge on any atom is -0.104 e. The van der Waals surface area contributed by atoms with E-state index in [-0.39, 0.29) is 0 Å². The Kier molecular flexibility index (Phi) is 21.2. The third kappa shape index (κ3) is 19.7. The van der Waals surface area contributed by atoms with Gasteiger partial charge in [-0.2, -0.15) is 0 Å². The number of unbranched alkanes of at least 4 members (excludes halogenated alkanes) is 12. The Morgan fingerprint density at radius 3 is 1.52 bits per heavy atom. The topological polar surface area (TPSA) is 0 Å². The summed E-state index contributed by atoms with van der Waals surface area (Å²) in [6, 6.07) is 0. The van der Waals surface area contributed by atoms with Crippen LogP contribution in [0.2, 0.25) is 0 Å². The second-order valence-electron chi connectivity index (χ2n) is 7.93. The molecule has 0 aromatic carbocycles. The van der Waals surface area contributed by atoms with Crippen molar-refractivity contribution >= 4 is 0 Å². The van der Waals surface area contributed by atoms with Crippen molar-refractivity contribution in [3.8, 4) is 11.8 Å². The van der Waals surface area contributed by atoms with Crippen molar-refractivity contribution in [1.82, 2.24) is 0 Å². The van der Waals surface area contributed by atoms with Gasteiger partial charge in [0.25, 0.3) is 0 Å². The Hall–Kier alpha value is -0.440. The lowest BCUT2D eigenvalue weighted by Gasteiger charge is -2.16. The summed E-state index contributed by atoms with van der Waals surface area (Å²) in [5.74, 6) is 7.45. The molecule has 0 aromatic rings. The molecule has 1 atom stereocenters. The predicted octanol–water partition coefficient (Wildman–Crippen LogP) is 9.08. The monoisotopic (exact) mass is 348 g/mol. The van der Waals surface area contributed by atoms with Gasteiger partial charge in [-0.25, -0.2) is 0 Å². The van der Waals surface area contributed by atoms with Crippen LogP contribution in [0.1, 0.15) is 143 Å². The lowest BCUT2D eigenvalue weighted by Crippen LogP contribution is -2.01. The summed E-state index contributed by atoms with van der Waals surface area (Å²) in [6.07, 6.45) is 26.6. The maximum atomic E-state index is 3.26. The van der Waals surface area contributed by atoms with Crippen LogP contribution in [0.3, 0.4) is 0 Å². The van der Waals surface area contributed by atoms with E-state index in [4.69, 9.17) is 0 Å². The minimum absolute atomic E-state index is 1.01. The van der Waals surface area contributed by atoms with Crippen LogP contribution in [0, 0.1) is 17.8 Å². The van der Waals surface area contributed by atoms with Crippen molar-refractivity contribution in [3.63, 3.8) is 0 Å². The van der Waals surface area contributed by atoms with E-state index in [0.717, 1.165) is 18.8 Å². The van der Waals surface area contributed by atoms with Gasteiger partial charge in [0, 0.05) is 12.8 Å². The number of hydrogen-bond donors (Lipinski definition) is 0. The van der Waals surface area contributed by atoms with Crippen LogP contribution in [0.4, 0.5) is 0 Å². The predicted molar refractivity (Wildman–Crippen MR) is 116 cm³/mol. The Balaban J connectivity index is 3.60. The molecule has 0 bridgehead atoms. The van der Waals surface area contributed by atoms with Gasteiger partial charge in [0.1, 0.15) is 0 Å². The molecule has 0 heteroatoms. The van der Waals surface area contributed by atoms with Gasteiger partial charge in [-0.05, 0) is 12.3 Å². The summed E-state index contributed by atoms with van der Waals surface area (Å²) < 4.78 is 0. The minimum atomic E-state index is 1.01. The first kappa shape index (κ1) is 24.6. The highest BCUT2D eigenvalue weighted by Gasteiger charge is 2.08. The largest absolute Gasteiger partial charge is 0.104 e. The highest BCUT2D eigenvalue weighted by Crippen LogP contribution is 2.24. The van der Waals surface area contributed by atoms with Crippen molar-refractivity contribution in [2.24, 2.45) is 5.92 Å². The average Bonchev–Trinajstić information content (AvgIpc) is 2.63. The van der Waals surface area contributed by atoms with Crippen molar-refractivity contribution < 1.29 is 0 Å². The Bertz CT molecular complexity index is 293. The maximum Gasteiger partial charge on any atom is 0.00886 e. The van der Waals surface area contributed by atoms with E-state index < -0.39 is 0 Å². The van der Waals surface area contributed by atoms with E-state index in [1.165, 1.54) is 109 Å². The van der Waals surface area contributed by atoms with Crippen LogP contribution in [0.5, 0.6) is 0 Å². The van der Waals surface area contributed by atoms with Crippen LogP contribution >= 0.6 is 0 Å². The highest BCUT2D eigenvalue weighted by molar-refractivity contribution is 4.97. The molecule has 0 aromatic heterocycles. The van der Waals surface area contributed by atoms with E-state index in [1.54, 1.807) is 0 Å². The standard InChI is InChI=1S/C25H48/c1-4-7-10-12-14-15-17-19-21-24-25(22-9-6-3)23-20-18-16-13-11-8-5-2/h25H,4-6,8-9,11-24H2,1-3H3. The Morgan fingerprint density at radius 2 is 0.960 bits per heavy atom. The molecule has 1 unspecified atom stereocenters. The first-order valence-electron chi connectivity index (χ1n) is 11.8. The van der Waals surface area contributed by atoms with E-state index in [1.807, 2.05) is 0 Å².